The van der Waals surface area contributed by atoms with E-state index in [0.717, 1.165) is 24.9 Å². The van der Waals surface area contributed by atoms with Gasteiger partial charge in [-0.05, 0) is 50.1 Å². The topological polar surface area (TPSA) is 52.9 Å². The van der Waals surface area contributed by atoms with Crippen molar-refractivity contribution in [2.24, 2.45) is 0 Å². The summed E-state index contributed by atoms with van der Waals surface area (Å²) in [6.07, 6.45) is 4.07. The van der Waals surface area contributed by atoms with Crippen LogP contribution in [0.2, 0.25) is 0 Å². The largest absolute Gasteiger partial charge is 0.504 e. The van der Waals surface area contributed by atoms with Crippen molar-refractivity contribution < 1.29 is 14.9 Å². The van der Waals surface area contributed by atoms with Crippen LogP contribution in [0, 0.1) is 0 Å². The van der Waals surface area contributed by atoms with Crippen LogP contribution in [0.5, 0.6) is 11.5 Å². The summed E-state index contributed by atoms with van der Waals surface area (Å²) in [6.45, 7) is 1.00. The molecule has 110 valence electrons. The molecule has 0 amide bonds. The molecule has 0 aromatic heterocycles. The zero-order chi connectivity index (χ0) is 14.4. The number of phenolic OH excluding ortho intramolecular Hbond substituents is 1. The van der Waals surface area contributed by atoms with E-state index in [-0.39, 0.29) is 17.3 Å². The van der Waals surface area contributed by atoms with E-state index in [1.165, 1.54) is 11.1 Å². The number of likely N-dealkylation sites (tertiary alicyclic amines) is 1. The Labute approximate surface area is 123 Å². The van der Waals surface area contributed by atoms with Crippen LogP contribution in [-0.2, 0) is 11.8 Å². The van der Waals surface area contributed by atoms with Crippen LogP contribution in [0.15, 0.2) is 23.8 Å². The Balaban J connectivity index is 1.86. The first-order chi connectivity index (χ1) is 10.1. The van der Waals surface area contributed by atoms with Gasteiger partial charge in [-0.2, -0.15) is 0 Å². The Hall–Kier alpha value is -1.52. The smallest absolute Gasteiger partial charge is 0.166 e. The van der Waals surface area contributed by atoms with Gasteiger partial charge >= 0.3 is 0 Å². The number of aliphatic hydroxyl groups is 1. The maximum absolute atomic E-state index is 10.5. The number of phenols is 1. The second-order valence-electron chi connectivity index (χ2n) is 6.87. The van der Waals surface area contributed by atoms with Gasteiger partial charge in [0.25, 0.3) is 0 Å². The van der Waals surface area contributed by atoms with E-state index in [9.17, 15) is 10.2 Å². The van der Waals surface area contributed by atoms with Gasteiger partial charge in [0, 0.05) is 11.6 Å². The minimum atomic E-state index is -0.490. The lowest BCUT2D eigenvalue weighted by Crippen LogP contribution is -2.61. The highest BCUT2D eigenvalue weighted by Gasteiger charge is 2.62. The second-order valence-corrected chi connectivity index (χ2v) is 6.87. The predicted molar refractivity (Wildman–Crippen MR) is 77.6 cm³/mol. The molecule has 1 unspecified atom stereocenters. The van der Waals surface area contributed by atoms with E-state index in [2.05, 4.69) is 18.0 Å². The van der Waals surface area contributed by atoms with Gasteiger partial charge < -0.3 is 14.9 Å². The quantitative estimate of drug-likeness (QED) is 0.706. The normalized spacial score (nSPS) is 39.5. The fourth-order valence-electron chi connectivity index (χ4n) is 5.09. The molecule has 1 aromatic carbocycles. The van der Waals surface area contributed by atoms with Crippen LogP contribution in [-0.4, -0.2) is 47.0 Å². The summed E-state index contributed by atoms with van der Waals surface area (Å²) in [7, 11) is 2.18. The van der Waals surface area contributed by atoms with Crippen molar-refractivity contribution in [1.82, 2.24) is 4.90 Å². The summed E-state index contributed by atoms with van der Waals surface area (Å²) in [5.41, 5.74) is 3.62. The number of nitrogens with zero attached hydrogens (tertiary/aromatic N) is 1. The zero-order valence-corrected chi connectivity index (χ0v) is 12.0. The highest BCUT2D eigenvalue weighted by molar-refractivity contribution is 5.65. The maximum atomic E-state index is 10.5. The molecule has 4 atom stereocenters. The van der Waals surface area contributed by atoms with Crippen LogP contribution in [0.3, 0.4) is 0 Å². The van der Waals surface area contributed by atoms with Gasteiger partial charge in [-0.25, -0.2) is 0 Å². The molecule has 1 fully saturated rings. The molecule has 4 aliphatic rings. The Morgan fingerprint density at radius 3 is 3.10 bits per heavy atom. The fraction of sp³-hybridized carbons (Fsp3) is 0.529. The van der Waals surface area contributed by atoms with Gasteiger partial charge in [0.2, 0.25) is 0 Å². The van der Waals surface area contributed by atoms with E-state index in [1.807, 2.05) is 6.07 Å². The molecule has 2 heterocycles. The fourth-order valence-corrected chi connectivity index (χ4v) is 5.09. The Kier molecular flexibility index (Phi) is 2.08. The van der Waals surface area contributed by atoms with Crippen LogP contribution >= 0.6 is 0 Å². The molecule has 2 N–H and O–H groups in total. The average Bonchev–Trinajstić information content (AvgIpc) is 2.83. The number of hydrogen-bond acceptors (Lipinski definition) is 4. The molecular formula is C17H19NO3. The van der Waals surface area contributed by atoms with Crippen molar-refractivity contribution in [2.45, 2.75) is 42.9 Å². The molecule has 1 aromatic rings. The molecule has 0 radical (unpaired) electrons. The first kappa shape index (κ1) is 12.1. The van der Waals surface area contributed by atoms with Gasteiger partial charge in [-0.15, -0.1) is 0 Å². The monoisotopic (exact) mass is 285 g/mol. The lowest BCUT2D eigenvalue weighted by molar-refractivity contribution is -0.0123. The van der Waals surface area contributed by atoms with Crippen LogP contribution in [0.4, 0.5) is 0 Å². The number of aromatic hydroxyl groups is 1. The third-order valence-electron chi connectivity index (χ3n) is 6.01. The highest BCUT2D eigenvalue weighted by Crippen LogP contribution is 2.62. The Morgan fingerprint density at radius 1 is 1.38 bits per heavy atom. The number of ether oxygens (including phenoxy) is 1. The molecule has 0 saturated carbocycles. The van der Waals surface area contributed by atoms with Gasteiger partial charge in [-0.1, -0.05) is 12.1 Å². The van der Waals surface area contributed by atoms with Crippen LogP contribution < -0.4 is 4.74 Å². The van der Waals surface area contributed by atoms with Crippen molar-refractivity contribution in [1.29, 1.82) is 0 Å². The van der Waals surface area contributed by atoms with Crippen molar-refractivity contribution in [3.63, 3.8) is 0 Å². The first-order valence-corrected chi connectivity index (χ1v) is 7.74. The Bertz CT molecular complexity index is 683. The van der Waals surface area contributed by atoms with Gasteiger partial charge in [0.05, 0.1) is 11.5 Å². The van der Waals surface area contributed by atoms with Crippen molar-refractivity contribution in [3.05, 3.63) is 34.9 Å². The van der Waals surface area contributed by atoms with Gasteiger partial charge in [0.1, 0.15) is 6.10 Å². The van der Waals surface area contributed by atoms with Gasteiger partial charge in [-0.3, -0.25) is 4.90 Å². The molecular weight excluding hydrogens is 266 g/mol. The number of piperidine rings is 1. The molecule has 2 aliphatic carbocycles. The molecule has 4 nitrogen and oxygen atoms in total. The summed E-state index contributed by atoms with van der Waals surface area (Å²) in [5.74, 6) is 0.828. The van der Waals surface area contributed by atoms with E-state index in [4.69, 9.17) is 4.74 Å². The first-order valence-electron chi connectivity index (χ1n) is 7.74. The van der Waals surface area contributed by atoms with Gasteiger partial charge in [0.15, 0.2) is 11.5 Å². The molecule has 1 spiro atoms. The Morgan fingerprint density at radius 2 is 2.24 bits per heavy atom. The summed E-state index contributed by atoms with van der Waals surface area (Å²) < 4.78 is 6.10. The minimum absolute atomic E-state index is 0.210. The van der Waals surface area contributed by atoms with Crippen molar-refractivity contribution in [2.75, 3.05) is 13.6 Å². The molecule has 4 heteroatoms. The molecule has 1 saturated heterocycles. The number of likely N-dealkylation sites (N-methyl/N-ethyl adjacent to an activating group) is 1. The molecule has 21 heavy (non-hydrogen) atoms. The average molecular weight is 285 g/mol. The summed E-state index contributed by atoms with van der Waals surface area (Å²) >= 11 is 0. The van der Waals surface area contributed by atoms with Crippen molar-refractivity contribution >= 4 is 0 Å². The predicted octanol–water partition coefficient (Wildman–Crippen LogP) is 1.34. The van der Waals surface area contributed by atoms with Crippen LogP contribution in [0.1, 0.15) is 24.0 Å². The van der Waals surface area contributed by atoms with Crippen LogP contribution in [0.25, 0.3) is 0 Å². The SMILES string of the molecule is CN1CC[C@@]23C4=CC[C@H](O)[C@@H]2Oc2c(O)ccc(c23)CC41. The van der Waals surface area contributed by atoms with E-state index in [0.29, 0.717) is 18.2 Å². The van der Waals surface area contributed by atoms with Crippen molar-refractivity contribution in [3.8, 4) is 11.5 Å². The minimum Gasteiger partial charge on any atom is -0.504 e. The lowest BCUT2D eigenvalue weighted by Gasteiger charge is -2.54. The summed E-state index contributed by atoms with van der Waals surface area (Å²) in [4.78, 5) is 2.42. The van der Waals surface area contributed by atoms with E-state index < -0.39 is 6.10 Å². The zero-order valence-electron chi connectivity index (χ0n) is 12.0. The van der Waals surface area contributed by atoms with E-state index >= 15 is 0 Å². The number of benzene rings is 1. The molecule has 5 rings (SSSR count). The molecule has 2 aliphatic heterocycles. The third kappa shape index (κ3) is 1.21. The maximum Gasteiger partial charge on any atom is 0.166 e. The standard InChI is InChI=1S/C17H19NO3/c1-18-7-6-17-10-3-5-13(20)16(17)21-15-12(19)4-2-9(14(15)17)8-11(10)18/h2-4,11,13,16,19-20H,5-8H2,1H3/t11?,13-,16-,17-/m0/s1. The van der Waals surface area contributed by atoms with E-state index in [1.54, 1.807) is 6.07 Å². The number of rotatable bonds is 0. The second kappa shape index (κ2) is 3.62. The summed E-state index contributed by atoms with van der Waals surface area (Å²) in [6, 6.07) is 4.17. The molecule has 2 bridgehead atoms. The lowest BCUT2D eigenvalue weighted by atomic mass is 9.56. The summed E-state index contributed by atoms with van der Waals surface area (Å²) in [5, 5.41) is 20.7. The third-order valence-corrected chi connectivity index (χ3v) is 6.01. The number of aliphatic hydroxyl groups excluding tert-OH is 1. The highest BCUT2D eigenvalue weighted by atomic mass is 16.5. The number of hydrogen-bond donors (Lipinski definition) is 2.